The minimum atomic E-state index is 0. The predicted octanol–water partition coefficient (Wildman–Crippen LogP) is 2.57. The Morgan fingerprint density at radius 2 is 2.09 bits per heavy atom. The molecule has 128 valence electrons. The van der Waals surface area contributed by atoms with E-state index in [1.165, 1.54) is 12.8 Å². The highest BCUT2D eigenvalue weighted by molar-refractivity contribution is 5.85. The van der Waals surface area contributed by atoms with E-state index in [9.17, 15) is 4.79 Å². The minimum absolute atomic E-state index is 0. The van der Waals surface area contributed by atoms with Crippen molar-refractivity contribution in [3.05, 3.63) is 36.3 Å². The molecule has 3 rings (SSSR count). The summed E-state index contributed by atoms with van der Waals surface area (Å²) >= 11 is 0. The van der Waals surface area contributed by atoms with Gasteiger partial charge in [-0.2, -0.15) is 0 Å². The summed E-state index contributed by atoms with van der Waals surface area (Å²) in [6.45, 7) is 2.77. The summed E-state index contributed by atoms with van der Waals surface area (Å²) < 4.78 is 1.96. The predicted molar refractivity (Wildman–Crippen MR) is 96.4 cm³/mol. The smallest absolute Gasteiger partial charge is 0.220 e. The molecule has 1 fully saturated rings. The van der Waals surface area contributed by atoms with Gasteiger partial charge in [-0.3, -0.25) is 4.79 Å². The van der Waals surface area contributed by atoms with Gasteiger partial charge >= 0.3 is 0 Å². The maximum atomic E-state index is 11.9. The molecular formula is C16H24Cl2N4O. The van der Waals surface area contributed by atoms with Crippen molar-refractivity contribution in [2.75, 3.05) is 13.1 Å². The first-order valence-corrected chi connectivity index (χ1v) is 7.70. The van der Waals surface area contributed by atoms with Gasteiger partial charge in [0.2, 0.25) is 5.91 Å². The topological polar surface area (TPSA) is 58.4 Å². The summed E-state index contributed by atoms with van der Waals surface area (Å²) in [5, 5.41) is 6.36. The fraction of sp³-hybridized carbons (Fsp3) is 0.500. The Labute approximate surface area is 149 Å². The van der Waals surface area contributed by atoms with Crippen LogP contribution in [0.4, 0.5) is 0 Å². The monoisotopic (exact) mass is 358 g/mol. The molecule has 1 aliphatic heterocycles. The molecule has 23 heavy (non-hydrogen) atoms. The number of halogens is 2. The summed E-state index contributed by atoms with van der Waals surface area (Å²) in [5.74, 6) is 0.856. The SMILES string of the molecule is Cl.Cl.O=C(CCC1CCNCC1)NCc1ccn2ccnc2c1. The lowest BCUT2D eigenvalue weighted by Gasteiger charge is -2.22. The van der Waals surface area contributed by atoms with Gasteiger partial charge in [-0.25, -0.2) is 4.98 Å². The number of amides is 1. The van der Waals surface area contributed by atoms with Gasteiger partial charge in [-0.15, -0.1) is 24.8 Å². The van der Waals surface area contributed by atoms with Crippen LogP contribution in [0.1, 0.15) is 31.2 Å². The van der Waals surface area contributed by atoms with Crippen molar-refractivity contribution in [3.63, 3.8) is 0 Å². The molecule has 0 radical (unpaired) electrons. The molecule has 5 nitrogen and oxygen atoms in total. The summed E-state index contributed by atoms with van der Waals surface area (Å²) in [4.78, 5) is 16.2. The van der Waals surface area contributed by atoms with Crippen LogP contribution in [0, 0.1) is 5.92 Å². The number of aromatic nitrogens is 2. The average molecular weight is 359 g/mol. The third-order valence-corrected chi connectivity index (χ3v) is 4.19. The molecule has 3 heterocycles. The third-order valence-electron chi connectivity index (χ3n) is 4.19. The highest BCUT2D eigenvalue weighted by Gasteiger charge is 2.14. The van der Waals surface area contributed by atoms with Gasteiger partial charge in [0.15, 0.2) is 0 Å². The summed E-state index contributed by atoms with van der Waals surface area (Å²) in [5.41, 5.74) is 2.00. The van der Waals surface area contributed by atoms with Crippen LogP contribution in [0.5, 0.6) is 0 Å². The van der Waals surface area contributed by atoms with Crippen LogP contribution >= 0.6 is 24.8 Å². The van der Waals surface area contributed by atoms with Gasteiger partial charge in [0.25, 0.3) is 0 Å². The van der Waals surface area contributed by atoms with E-state index in [0.29, 0.717) is 18.9 Å². The quantitative estimate of drug-likeness (QED) is 0.863. The van der Waals surface area contributed by atoms with Gasteiger partial charge in [0, 0.05) is 31.6 Å². The second kappa shape index (κ2) is 9.75. The minimum Gasteiger partial charge on any atom is -0.352 e. The summed E-state index contributed by atoms with van der Waals surface area (Å²) in [7, 11) is 0. The van der Waals surface area contributed by atoms with Crippen LogP contribution in [-0.2, 0) is 11.3 Å². The van der Waals surface area contributed by atoms with Gasteiger partial charge < -0.3 is 15.0 Å². The first-order chi connectivity index (χ1) is 10.3. The Morgan fingerprint density at radius 3 is 2.87 bits per heavy atom. The number of nitrogens with zero attached hydrogens (tertiary/aromatic N) is 2. The van der Waals surface area contributed by atoms with Crippen molar-refractivity contribution in [1.29, 1.82) is 0 Å². The van der Waals surface area contributed by atoms with Gasteiger partial charge in [-0.05, 0) is 56.0 Å². The molecule has 0 atom stereocenters. The van der Waals surface area contributed by atoms with Gasteiger partial charge in [0.1, 0.15) is 5.65 Å². The second-order valence-electron chi connectivity index (χ2n) is 5.74. The van der Waals surface area contributed by atoms with E-state index in [1.54, 1.807) is 6.20 Å². The van der Waals surface area contributed by atoms with Crippen LogP contribution in [0.3, 0.4) is 0 Å². The van der Waals surface area contributed by atoms with Gasteiger partial charge in [-0.1, -0.05) is 0 Å². The molecule has 0 spiro atoms. The molecule has 0 bridgehead atoms. The molecule has 1 aliphatic rings. The first-order valence-electron chi connectivity index (χ1n) is 7.70. The Kier molecular flexibility index (Phi) is 8.37. The third kappa shape index (κ3) is 5.68. The Morgan fingerprint density at radius 1 is 1.30 bits per heavy atom. The van der Waals surface area contributed by atoms with Crippen molar-refractivity contribution < 1.29 is 4.79 Å². The van der Waals surface area contributed by atoms with Crippen LogP contribution in [-0.4, -0.2) is 28.4 Å². The number of pyridine rings is 1. The number of carbonyl (C=O) groups excluding carboxylic acids is 1. The Balaban J connectivity index is 0.00000132. The van der Waals surface area contributed by atoms with Crippen LogP contribution in [0.2, 0.25) is 0 Å². The van der Waals surface area contributed by atoms with Crippen molar-refractivity contribution in [3.8, 4) is 0 Å². The molecule has 2 aromatic rings. The van der Waals surface area contributed by atoms with E-state index in [1.807, 2.05) is 28.9 Å². The number of hydrogen-bond donors (Lipinski definition) is 2. The standard InChI is InChI=1S/C16H22N4O.2ClH/c21-16(2-1-13-3-6-17-7-4-13)19-12-14-5-9-20-10-8-18-15(20)11-14;;/h5,8-11,13,17H,1-4,6-7,12H2,(H,19,21);2*1H. The molecule has 2 aromatic heterocycles. The van der Waals surface area contributed by atoms with E-state index < -0.39 is 0 Å². The van der Waals surface area contributed by atoms with E-state index >= 15 is 0 Å². The maximum Gasteiger partial charge on any atom is 0.220 e. The lowest BCUT2D eigenvalue weighted by Crippen LogP contribution is -2.29. The van der Waals surface area contributed by atoms with Crippen molar-refractivity contribution in [2.24, 2.45) is 5.92 Å². The molecule has 2 N–H and O–H groups in total. The molecule has 0 saturated carbocycles. The molecule has 1 saturated heterocycles. The molecule has 7 heteroatoms. The number of piperidine rings is 1. The molecule has 0 aliphatic carbocycles. The zero-order valence-electron chi connectivity index (χ0n) is 13.0. The Hall–Kier alpha value is -1.30. The molecule has 1 amide bonds. The summed E-state index contributed by atoms with van der Waals surface area (Å²) in [6.07, 6.45) is 9.70. The zero-order valence-corrected chi connectivity index (χ0v) is 14.7. The second-order valence-corrected chi connectivity index (χ2v) is 5.74. The number of fused-ring (bicyclic) bond motifs is 1. The fourth-order valence-electron chi connectivity index (χ4n) is 2.86. The fourth-order valence-corrected chi connectivity index (χ4v) is 2.86. The number of hydrogen-bond acceptors (Lipinski definition) is 3. The highest BCUT2D eigenvalue weighted by atomic mass is 35.5. The van der Waals surface area contributed by atoms with Crippen molar-refractivity contribution in [1.82, 2.24) is 20.0 Å². The summed E-state index contributed by atoms with van der Waals surface area (Å²) in [6, 6.07) is 4.02. The number of imidazole rings is 1. The average Bonchev–Trinajstić information content (AvgIpc) is 2.99. The molecular weight excluding hydrogens is 335 g/mol. The largest absolute Gasteiger partial charge is 0.352 e. The first kappa shape index (κ1) is 19.7. The van der Waals surface area contributed by atoms with Crippen molar-refractivity contribution >= 4 is 36.4 Å². The number of carbonyl (C=O) groups is 1. The van der Waals surface area contributed by atoms with Crippen LogP contribution in [0.25, 0.3) is 5.65 Å². The van der Waals surface area contributed by atoms with Crippen LogP contribution in [0.15, 0.2) is 30.7 Å². The van der Waals surface area contributed by atoms with E-state index in [-0.39, 0.29) is 30.7 Å². The normalized spacial score (nSPS) is 14.8. The lowest BCUT2D eigenvalue weighted by molar-refractivity contribution is -0.121. The number of nitrogens with one attached hydrogen (secondary N) is 2. The lowest BCUT2D eigenvalue weighted by atomic mass is 9.93. The van der Waals surface area contributed by atoms with Crippen molar-refractivity contribution in [2.45, 2.75) is 32.2 Å². The Bertz CT molecular complexity index is 611. The van der Waals surface area contributed by atoms with Crippen LogP contribution < -0.4 is 10.6 Å². The van der Waals surface area contributed by atoms with Gasteiger partial charge in [0.05, 0.1) is 0 Å². The molecule has 0 aromatic carbocycles. The highest BCUT2D eigenvalue weighted by Crippen LogP contribution is 2.17. The van der Waals surface area contributed by atoms with E-state index in [2.05, 4.69) is 15.6 Å². The number of rotatable bonds is 5. The van der Waals surface area contributed by atoms with E-state index in [4.69, 9.17) is 0 Å². The maximum absolute atomic E-state index is 11.9. The van der Waals surface area contributed by atoms with E-state index in [0.717, 1.165) is 30.7 Å². The molecule has 0 unspecified atom stereocenters. The zero-order chi connectivity index (χ0) is 14.5.